The summed E-state index contributed by atoms with van der Waals surface area (Å²) in [6.45, 7) is 6.98. The lowest BCUT2D eigenvalue weighted by molar-refractivity contribution is -0.166. The van der Waals surface area contributed by atoms with Gasteiger partial charge in [0, 0.05) is 10.6 Å². The predicted molar refractivity (Wildman–Crippen MR) is 76.7 cm³/mol. The van der Waals surface area contributed by atoms with E-state index in [1.165, 1.54) is 0 Å². The molecule has 0 radical (unpaired) electrons. The number of ether oxygens (including phenoxy) is 2. The number of hydrogen-bond acceptors (Lipinski definition) is 4. The van der Waals surface area contributed by atoms with Crippen LogP contribution in [0.25, 0.3) is 0 Å². The minimum atomic E-state index is -1.12. The van der Waals surface area contributed by atoms with Crippen LogP contribution in [0.2, 0.25) is 5.02 Å². The fraction of sp³-hybridized carbons (Fsp3) is 0.500. The van der Waals surface area contributed by atoms with E-state index < -0.39 is 22.5 Å². The summed E-state index contributed by atoms with van der Waals surface area (Å²) < 4.78 is 11.3. The van der Waals surface area contributed by atoms with Crippen molar-refractivity contribution in [3.63, 3.8) is 0 Å². The van der Waals surface area contributed by atoms with Crippen LogP contribution in [0.15, 0.2) is 24.3 Å². The molecule has 0 saturated carbocycles. The fourth-order valence-electron chi connectivity index (χ4n) is 3.31. The molecular formula is C16H17ClO4. The Morgan fingerprint density at radius 1 is 1.00 bits per heavy atom. The van der Waals surface area contributed by atoms with Crippen LogP contribution in [-0.4, -0.2) is 18.0 Å². The van der Waals surface area contributed by atoms with E-state index in [0.717, 1.165) is 5.56 Å². The highest BCUT2D eigenvalue weighted by Crippen LogP contribution is 2.61. The minimum Gasteiger partial charge on any atom is -0.456 e. The molecule has 2 aliphatic rings. The van der Waals surface area contributed by atoms with Crippen molar-refractivity contribution in [2.24, 2.45) is 10.8 Å². The van der Waals surface area contributed by atoms with Gasteiger partial charge in [-0.05, 0) is 39.8 Å². The third-order valence-corrected chi connectivity index (χ3v) is 4.99. The van der Waals surface area contributed by atoms with E-state index in [1.807, 2.05) is 0 Å². The summed E-state index contributed by atoms with van der Waals surface area (Å²) in [5.41, 5.74) is -2.24. The molecule has 112 valence electrons. The van der Waals surface area contributed by atoms with Crippen LogP contribution in [0.5, 0.6) is 0 Å². The number of carbonyl (C=O) groups excluding carboxylic acids is 2. The molecule has 0 N–H and O–H groups in total. The monoisotopic (exact) mass is 308 g/mol. The van der Waals surface area contributed by atoms with E-state index in [1.54, 1.807) is 52.0 Å². The summed E-state index contributed by atoms with van der Waals surface area (Å²) in [5, 5.41) is 0.582. The maximum atomic E-state index is 12.3. The summed E-state index contributed by atoms with van der Waals surface area (Å²) in [5.74, 6) is -0.717. The Balaban J connectivity index is 2.26. The molecule has 1 aromatic rings. The number of halogens is 1. The molecule has 2 atom stereocenters. The van der Waals surface area contributed by atoms with Crippen molar-refractivity contribution < 1.29 is 19.1 Å². The number of carbonyl (C=O) groups is 2. The Bertz CT molecular complexity index is 630. The van der Waals surface area contributed by atoms with E-state index in [9.17, 15) is 9.59 Å². The van der Waals surface area contributed by atoms with Gasteiger partial charge in [-0.1, -0.05) is 23.7 Å². The Morgan fingerprint density at radius 2 is 1.57 bits per heavy atom. The predicted octanol–water partition coefficient (Wildman–Crippen LogP) is 3.07. The van der Waals surface area contributed by atoms with Crippen LogP contribution in [0.3, 0.4) is 0 Å². The Hall–Kier alpha value is -1.55. The normalized spacial score (nSPS) is 32.5. The van der Waals surface area contributed by atoms with Gasteiger partial charge in [-0.3, -0.25) is 9.59 Å². The lowest BCUT2D eigenvalue weighted by Crippen LogP contribution is -2.47. The van der Waals surface area contributed by atoms with Crippen LogP contribution >= 0.6 is 11.6 Å². The summed E-state index contributed by atoms with van der Waals surface area (Å²) in [4.78, 5) is 24.6. The summed E-state index contributed by atoms with van der Waals surface area (Å²) in [6.07, 6.45) is -0.652. The number of benzene rings is 1. The van der Waals surface area contributed by atoms with Gasteiger partial charge in [0.2, 0.25) is 0 Å². The van der Waals surface area contributed by atoms with E-state index in [2.05, 4.69) is 0 Å². The van der Waals surface area contributed by atoms with E-state index in [0.29, 0.717) is 5.02 Å². The van der Waals surface area contributed by atoms with Gasteiger partial charge in [-0.25, -0.2) is 0 Å². The zero-order chi connectivity index (χ0) is 15.6. The van der Waals surface area contributed by atoms with Crippen molar-refractivity contribution in [2.45, 2.75) is 39.4 Å². The number of fused-ring (bicyclic) bond motifs is 1. The molecule has 0 bridgehead atoms. The average Bonchev–Trinajstić information content (AvgIpc) is 2.73. The lowest BCUT2D eigenvalue weighted by Gasteiger charge is -2.36. The SMILES string of the molecule is CC1(C)C(=O)OC2(c3ccc(Cl)cc3)C1OC(=O)C2(C)C. The first-order valence-corrected chi connectivity index (χ1v) is 7.22. The molecule has 0 amide bonds. The molecule has 2 heterocycles. The molecule has 5 heteroatoms. The average molecular weight is 309 g/mol. The molecule has 1 aromatic carbocycles. The summed E-state index contributed by atoms with van der Waals surface area (Å²) >= 11 is 5.94. The maximum absolute atomic E-state index is 12.3. The first-order valence-electron chi connectivity index (χ1n) is 6.84. The third kappa shape index (κ3) is 1.57. The van der Waals surface area contributed by atoms with Gasteiger partial charge in [-0.15, -0.1) is 0 Å². The molecule has 2 saturated heterocycles. The highest BCUT2D eigenvalue weighted by atomic mass is 35.5. The van der Waals surface area contributed by atoms with Crippen LogP contribution in [0.4, 0.5) is 0 Å². The van der Waals surface area contributed by atoms with Crippen molar-refractivity contribution in [1.82, 2.24) is 0 Å². The Morgan fingerprint density at radius 3 is 2.14 bits per heavy atom. The quantitative estimate of drug-likeness (QED) is 0.748. The van der Waals surface area contributed by atoms with Gasteiger partial charge < -0.3 is 9.47 Å². The molecule has 2 fully saturated rings. The van der Waals surface area contributed by atoms with Gasteiger partial charge >= 0.3 is 11.9 Å². The number of rotatable bonds is 1. The minimum absolute atomic E-state index is 0.358. The van der Waals surface area contributed by atoms with E-state index in [-0.39, 0.29) is 11.9 Å². The van der Waals surface area contributed by atoms with Crippen LogP contribution < -0.4 is 0 Å². The van der Waals surface area contributed by atoms with Crippen LogP contribution in [0, 0.1) is 10.8 Å². The zero-order valence-electron chi connectivity index (χ0n) is 12.4. The van der Waals surface area contributed by atoms with Crippen LogP contribution in [-0.2, 0) is 24.7 Å². The van der Waals surface area contributed by atoms with Crippen molar-refractivity contribution in [2.75, 3.05) is 0 Å². The van der Waals surface area contributed by atoms with Gasteiger partial charge in [0.25, 0.3) is 0 Å². The highest BCUT2D eigenvalue weighted by Gasteiger charge is 2.75. The fourth-order valence-corrected chi connectivity index (χ4v) is 3.43. The molecule has 2 unspecified atom stereocenters. The Kier molecular flexibility index (Phi) is 2.74. The summed E-state index contributed by atoms with van der Waals surface area (Å²) in [7, 11) is 0. The molecule has 3 rings (SSSR count). The lowest BCUT2D eigenvalue weighted by atomic mass is 9.66. The molecule has 2 aliphatic heterocycles. The molecule has 0 aliphatic carbocycles. The van der Waals surface area contributed by atoms with E-state index in [4.69, 9.17) is 21.1 Å². The first kappa shape index (κ1) is 14.4. The van der Waals surface area contributed by atoms with Crippen molar-refractivity contribution >= 4 is 23.5 Å². The van der Waals surface area contributed by atoms with Gasteiger partial charge in [0.15, 0.2) is 11.7 Å². The second-order valence-corrected chi connectivity index (χ2v) is 7.20. The first-order chi connectivity index (χ1) is 9.64. The van der Waals surface area contributed by atoms with Crippen molar-refractivity contribution in [3.8, 4) is 0 Å². The molecule has 21 heavy (non-hydrogen) atoms. The number of hydrogen-bond donors (Lipinski definition) is 0. The standard InChI is InChI=1S/C16H17ClO4/c1-14(2)11-16(21-12(14)18,15(3,4)13(19)20-11)9-5-7-10(17)8-6-9/h5-8,11H,1-4H3. The molecule has 4 nitrogen and oxygen atoms in total. The number of esters is 2. The van der Waals surface area contributed by atoms with E-state index >= 15 is 0 Å². The zero-order valence-corrected chi connectivity index (χ0v) is 13.2. The smallest absolute Gasteiger partial charge is 0.316 e. The maximum Gasteiger partial charge on any atom is 0.316 e. The van der Waals surface area contributed by atoms with Gasteiger partial charge in [-0.2, -0.15) is 0 Å². The van der Waals surface area contributed by atoms with Gasteiger partial charge in [0.05, 0.1) is 0 Å². The Labute approximate surface area is 128 Å². The topological polar surface area (TPSA) is 52.6 Å². The van der Waals surface area contributed by atoms with Crippen molar-refractivity contribution in [3.05, 3.63) is 34.9 Å². The molecule has 0 aromatic heterocycles. The summed E-state index contributed by atoms with van der Waals surface area (Å²) in [6, 6.07) is 7.02. The largest absolute Gasteiger partial charge is 0.456 e. The molecule has 0 spiro atoms. The third-order valence-electron chi connectivity index (χ3n) is 4.74. The van der Waals surface area contributed by atoms with Crippen LogP contribution in [0.1, 0.15) is 33.3 Å². The molecular weight excluding hydrogens is 292 g/mol. The second-order valence-electron chi connectivity index (χ2n) is 6.76. The van der Waals surface area contributed by atoms with Gasteiger partial charge in [0.1, 0.15) is 10.8 Å². The van der Waals surface area contributed by atoms with Crippen molar-refractivity contribution in [1.29, 1.82) is 0 Å². The highest BCUT2D eigenvalue weighted by molar-refractivity contribution is 6.30. The second kappa shape index (κ2) is 4.01.